The zero-order chi connectivity index (χ0) is 16.2. The van der Waals surface area contributed by atoms with Crippen LogP contribution in [0.3, 0.4) is 0 Å². The lowest BCUT2D eigenvalue weighted by Crippen LogP contribution is -2.56. The predicted molar refractivity (Wildman–Crippen MR) is 87.6 cm³/mol. The van der Waals surface area contributed by atoms with Crippen LogP contribution in [0.4, 0.5) is 0 Å². The van der Waals surface area contributed by atoms with Gasteiger partial charge in [-0.1, -0.05) is 15.9 Å². The second kappa shape index (κ2) is 5.22. The summed E-state index contributed by atoms with van der Waals surface area (Å²) >= 11 is 3.89. The maximum Gasteiger partial charge on any atom is 0.312 e. The summed E-state index contributed by atoms with van der Waals surface area (Å²) in [6, 6.07) is 0. The van der Waals surface area contributed by atoms with Crippen LogP contribution in [0.15, 0.2) is 0 Å². The van der Waals surface area contributed by atoms with Crippen LogP contribution in [0.2, 0.25) is 0 Å². The molecule has 1 amide bonds. The van der Waals surface area contributed by atoms with Gasteiger partial charge in [0.25, 0.3) is 5.91 Å². The second-order valence-corrected chi connectivity index (χ2v) is 10.4. The SMILES string of the molecule is CC(C)(C)NC(=O)COC(=O)C12C[C@H]3C[C@@H](CC(Br)(C3)C1)C2. The lowest BCUT2D eigenvalue weighted by Gasteiger charge is -2.58. The Morgan fingerprint density at radius 2 is 1.77 bits per heavy atom. The van der Waals surface area contributed by atoms with Gasteiger partial charge < -0.3 is 10.1 Å². The Morgan fingerprint density at radius 3 is 2.27 bits per heavy atom. The van der Waals surface area contributed by atoms with E-state index in [1.54, 1.807) is 0 Å². The van der Waals surface area contributed by atoms with Crippen LogP contribution in [-0.2, 0) is 14.3 Å². The minimum atomic E-state index is -0.352. The molecule has 124 valence electrons. The van der Waals surface area contributed by atoms with E-state index >= 15 is 0 Å². The van der Waals surface area contributed by atoms with Gasteiger partial charge in [0.15, 0.2) is 6.61 Å². The number of halogens is 1. The van der Waals surface area contributed by atoms with E-state index in [4.69, 9.17) is 4.74 Å². The number of alkyl halides is 1. The van der Waals surface area contributed by atoms with Crippen molar-refractivity contribution in [1.82, 2.24) is 5.32 Å². The van der Waals surface area contributed by atoms with Crippen LogP contribution >= 0.6 is 15.9 Å². The molecule has 4 fully saturated rings. The molecule has 0 radical (unpaired) electrons. The van der Waals surface area contributed by atoms with Gasteiger partial charge in [-0.15, -0.1) is 0 Å². The molecular formula is C17H26BrNO3. The second-order valence-electron chi connectivity index (χ2n) is 8.77. The fraction of sp³-hybridized carbons (Fsp3) is 0.882. The summed E-state index contributed by atoms with van der Waals surface area (Å²) in [5, 5.41) is 2.83. The van der Waals surface area contributed by atoms with Crippen molar-refractivity contribution < 1.29 is 14.3 Å². The van der Waals surface area contributed by atoms with Gasteiger partial charge in [0.05, 0.1) is 5.41 Å². The number of carbonyl (C=O) groups is 2. The Morgan fingerprint density at radius 1 is 1.18 bits per heavy atom. The Labute approximate surface area is 140 Å². The van der Waals surface area contributed by atoms with Crippen LogP contribution < -0.4 is 5.32 Å². The van der Waals surface area contributed by atoms with Crippen LogP contribution in [0.25, 0.3) is 0 Å². The zero-order valence-electron chi connectivity index (χ0n) is 13.7. The topological polar surface area (TPSA) is 55.4 Å². The van der Waals surface area contributed by atoms with Gasteiger partial charge >= 0.3 is 5.97 Å². The van der Waals surface area contributed by atoms with Gasteiger partial charge in [-0.25, -0.2) is 0 Å². The van der Waals surface area contributed by atoms with E-state index in [0.717, 1.165) is 19.3 Å². The molecule has 4 aliphatic carbocycles. The van der Waals surface area contributed by atoms with E-state index in [9.17, 15) is 9.59 Å². The first-order valence-electron chi connectivity index (χ1n) is 8.26. The minimum Gasteiger partial charge on any atom is -0.455 e. The Balaban J connectivity index is 1.62. The van der Waals surface area contributed by atoms with E-state index in [2.05, 4.69) is 21.2 Å². The number of hydrogen-bond donors (Lipinski definition) is 1. The van der Waals surface area contributed by atoms with Gasteiger partial charge in [0.2, 0.25) is 0 Å². The molecule has 5 heteroatoms. The zero-order valence-corrected chi connectivity index (χ0v) is 15.3. The van der Waals surface area contributed by atoms with Gasteiger partial charge in [0.1, 0.15) is 0 Å². The average Bonchev–Trinajstić information content (AvgIpc) is 2.30. The van der Waals surface area contributed by atoms with Crippen molar-refractivity contribution in [1.29, 1.82) is 0 Å². The molecule has 4 bridgehead atoms. The molecule has 0 aromatic rings. The highest BCUT2D eigenvalue weighted by Gasteiger charge is 2.60. The van der Waals surface area contributed by atoms with Gasteiger partial charge in [0, 0.05) is 9.86 Å². The molecule has 0 aromatic heterocycles. The van der Waals surface area contributed by atoms with Crippen molar-refractivity contribution >= 4 is 27.8 Å². The fourth-order valence-electron chi connectivity index (χ4n) is 5.13. The van der Waals surface area contributed by atoms with E-state index in [0.29, 0.717) is 11.8 Å². The number of carbonyl (C=O) groups excluding carboxylic acids is 2. The number of ether oxygens (including phenoxy) is 1. The van der Waals surface area contributed by atoms with E-state index < -0.39 is 0 Å². The van der Waals surface area contributed by atoms with Gasteiger partial charge in [-0.2, -0.15) is 0 Å². The first-order chi connectivity index (χ1) is 10.1. The quantitative estimate of drug-likeness (QED) is 0.612. The molecule has 1 N–H and O–H groups in total. The third kappa shape index (κ3) is 3.19. The average molecular weight is 372 g/mol. The smallest absolute Gasteiger partial charge is 0.312 e. The third-order valence-electron chi connectivity index (χ3n) is 5.27. The van der Waals surface area contributed by atoms with Crippen molar-refractivity contribution in [2.45, 2.75) is 69.2 Å². The molecule has 0 saturated heterocycles. The first kappa shape index (κ1) is 16.3. The Bertz CT molecular complexity index is 483. The first-order valence-corrected chi connectivity index (χ1v) is 9.06. The van der Waals surface area contributed by atoms with Crippen molar-refractivity contribution in [3.63, 3.8) is 0 Å². The molecule has 22 heavy (non-hydrogen) atoms. The van der Waals surface area contributed by atoms with E-state index in [1.165, 1.54) is 19.3 Å². The monoisotopic (exact) mass is 371 g/mol. The highest BCUT2D eigenvalue weighted by atomic mass is 79.9. The summed E-state index contributed by atoms with van der Waals surface area (Å²) in [6.07, 6.45) is 6.37. The van der Waals surface area contributed by atoms with Crippen molar-refractivity contribution in [3.05, 3.63) is 0 Å². The summed E-state index contributed by atoms with van der Waals surface area (Å²) in [5.74, 6) is 0.891. The molecule has 0 heterocycles. The summed E-state index contributed by atoms with van der Waals surface area (Å²) in [5.41, 5.74) is -0.653. The maximum absolute atomic E-state index is 12.7. The van der Waals surface area contributed by atoms with E-state index in [1.807, 2.05) is 20.8 Å². The van der Waals surface area contributed by atoms with Crippen LogP contribution in [0.1, 0.15) is 59.3 Å². The summed E-state index contributed by atoms with van der Waals surface area (Å²) in [6.45, 7) is 5.59. The largest absolute Gasteiger partial charge is 0.455 e. The molecule has 0 aliphatic heterocycles. The highest BCUT2D eigenvalue weighted by molar-refractivity contribution is 9.10. The minimum absolute atomic E-state index is 0.129. The summed E-state index contributed by atoms with van der Waals surface area (Å²) in [4.78, 5) is 24.5. The summed E-state index contributed by atoms with van der Waals surface area (Å²) < 4.78 is 5.54. The molecule has 4 rings (SSSR count). The highest BCUT2D eigenvalue weighted by Crippen LogP contribution is 2.64. The molecule has 4 aliphatic rings. The molecule has 4 saturated carbocycles. The molecule has 4 nitrogen and oxygen atoms in total. The Hall–Kier alpha value is -0.580. The normalized spacial score (nSPS) is 39.6. The van der Waals surface area contributed by atoms with Crippen molar-refractivity contribution in [2.24, 2.45) is 17.3 Å². The van der Waals surface area contributed by atoms with Crippen molar-refractivity contribution in [3.8, 4) is 0 Å². The third-order valence-corrected chi connectivity index (χ3v) is 6.20. The van der Waals surface area contributed by atoms with Crippen LogP contribution in [0, 0.1) is 17.3 Å². The fourth-order valence-corrected chi connectivity index (χ4v) is 6.58. The number of nitrogens with one attached hydrogen (secondary N) is 1. The van der Waals surface area contributed by atoms with Crippen LogP contribution in [-0.4, -0.2) is 28.3 Å². The predicted octanol–water partition coefficient (Wildman–Crippen LogP) is 3.18. The molecule has 0 unspecified atom stereocenters. The van der Waals surface area contributed by atoms with Gasteiger partial charge in [-0.05, 0) is 71.1 Å². The van der Waals surface area contributed by atoms with Crippen LogP contribution in [0.5, 0.6) is 0 Å². The summed E-state index contributed by atoms with van der Waals surface area (Å²) in [7, 11) is 0. The molecule has 0 spiro atoms. The Kier molecular flexibility index (Phi) is 3.86. The maximum atomic E-state index is 12.7. The lowest BCUT2D eigenvalue weighted by atomic mass is 9.49. The molecular weight excluding hydrogens is 346 g/mol. The standard InChI is InChI=1S/C17H26BrNO3/c1-15(2,3)19-13(20)9-22-14(21)16-5-11-4-12(6-16)8-17(18,7-11)10-16/h11-12H,4-10H2,1-3H3,(H,19,20)/t11-,12-,16?,17?/m1/s1. The van der Waals surface area contributed by atoms with Crippen molar-refractivity contribution in [2.75, 3.05) is 6.61 Å². The van der Waals surface area contributed by atoms with Gasteiger partial charge in [-0.3, -0.25) is 9.59 Å². The lowest BCUT2D eigenvalue weighted by molar-refractivity contribution is -0.171. The number of rotatable bonds is 3. The molecule has 2 atom stereocenters. The van der Waals surface area contributed by atoms with E-state index in [-0.39, 0.29) is 33.8 Å². The number of esters is 1. The molecule has 0 aromatic carbocycles. The number of hydrogen-bond acceptors (Lipinski definition) is 3. The number of amides is 1.